The number of rotatable bonds is 8. The number of aromatic nitrogens is 1. The van der Waals surface area contributed by atoms with E-state index in [0.717, 1.165) is 75.0 Å². The second-order valence-electron chi connectivity index (χ2n) is 11.3. The van der Waals surface area contributed by atoms with Gasteiger partial charge in [-0.1, -0.05) is 37.5 Å². The fourth-order valence-corrected chi connectivity index (χ4v) is 7.31. The van der Waals surface area contributed by atoms with Crippen LogP contribution in [0.4, 0.5) is 0 Å². The van der Waals surface area contributed by atoms with Gasteiger partial charge < -0.3 is 15.5 Å². The number of hydrogen-bond donors (Lipinski definition) is 2. The minimum absolute atomic E-state index is 0.00769. The van der Waals surface area contributed by atoms with E-state index in [1.807, 2.05) is 29.4 Å². The maximum atomic E-state index is 14.4. The third kappa shape index (κ3) is 5.80. The van der Waals surface area contributed by atoms with Crippen LogP contribution in [-0.4, -0.2) is 77.2 Å². The molecule has 5 rings (SSSR count). The summed E-state index contributed by atoms with van der Waals surface area (Å²) in [6.45, 7) is 4.22. The van der Waals surface area contributed by atoms with E-state index >= 15 is 0 Å². The molecule has 206 valence electrons. The first-order valence-corrected chi connectivity index (χ1v) is 15.2. The van der Waals surface area contributed by atoms with Crippen molar-refractivity contribution in [2.45, 2.75) is 88.9 Å². The van der Waals surface area contributed by atoms with Crippen LogP contribution in [0.5, 0.6) is 0 Å². The summed E-state index contributed by atoms with van der Waals surface area (Å²) in [6.07, 6.45) is 15.0. The number of amides is 2. The number of nitrogens with zero attached hydrogens (tertiary/aromatic N) is 3. The van der Waals surface area contributed by atoms with Crippen molar-refractivity contribution >= 4 is 28.9 Å². The summed E-state index contributed by atoms with van der Waals surface area (Å²) < 4.78 is 0. The third-order valence-corrected chi connectivity index (χ3v) is 9.78. The van der Waals surface area contributed by atoms with Gasteiger partial charge in [0.25, 0.3) is 0 Å². The Kier molecular flexibility index (Phi) is 8.75. The average Bonchev–Trinajstić information content (AvgIpc) is 3.64. The summed E-state index contributed by atoms with van der Waals surface area (Å²) in [5, 5.41) is 8.81. The van der Waals surface area contributed by atoms with Crippen molar-refractivity contribution in [2.24, 2.45) is 5.92 Å². The van der Waals surface area contributed by atoms with Crippen molar-refractivity contribution in [3.8, 4) is 0 Å². The molecule has 9 heteroatoms. The number of piperazine rings is 1. The molecule has 4 aliphatic rings. The zero-order valence-corrected chi connectivity index (χ0v) is 23.5. The van der Waals surface area contributed by atoms with Crippen LogP contribution in [0.1, 0.15) is 86.2 Å². The van der Waals surface area contributed by atoms with Gasteiger partial charge in [-0.05, 0) is 65.0 Å². The quantitative estimate of drug-likeness (QED) is 0.490. The van der Waals surface area contributed by atoms with Crippen LogP contribution >= 0.6 is 11.3 Å². The van der Waals surface area contributed by atoms with Crippen LogP contribution in [0.15, 0.2) is 29.2 Å². The van der Waals surface area contributed by atoms with E-state index in [-0.39, 0.29) is 35.6 Å². The van der Waals surface area contributed by atoms with Crippen LogP contribution in [0.2, 0.25) is 0 Å². The molecule has 1 saturated carbocycles. The summed E-state index contributed by atoms with van der Waals surface area (Å²) in [7, 11) is 1.76. The number of carbonyl (C=O) groups is 3. The first-order valence-electron chi connectivity index (χ1n) is 14.3. The molecule has 38 heavy (non-hydrogen) atoms. The first-order chi connectivity index (χ1) is 18.5. The monoisotopic (exact) mass is 539 g/mol. The maximum Gasteiger partial charge on any atom is 0.246 e. The smallest absolute Gasteiger partial charge is 0.246 e. The summed E-state index contributed by atoms with van der Waals surface area (Å²) in [4.78, 5) is 49.7. The van der Waals surface area contributed by atoms with Crippen molar-refractivity contribution in [1.29, 1.82) is 0 Å². The molecule has 2 aliphatic heterocycles. The number of Topliss-reactive ketones (excluding diaryl/α,β-unsaturated/α-hetero) is 1. The zero-order chi connectivity index (χ0) is 26.6. The molecule has 0 spiro atoms. The lowest BCUT2D eigenvalue weighted by atomic mass is 9.82. The summed E-state index contributed by atoms with van der Waals surface area (Å²) in [6, 6.07) is -0.773. The molecule has 2 aliphatic carbocycles. The molecule has 2 saturated heterocycles. The molecule has 0 radical (unpaired) electrons. The first kappa shape index (κ1) is 27.2. The fraction of sp³-hybridized carbons (Fsp3) is 0.655. The number of thiazole rings is 1. The molecule has 2 amide bonds. The highest BCUT2D eigenvalue weighted by molar-refractivity contribution is 7.10. The van der Waals surface area contributed by atoms with Gasteiger partial charge in [-0.25, -0.2) is 4.98 Å². The van der Waals surface area contributed by atoms with Gasteiger partial charge in [-0.3, -0.25) is 19.3 Å². The van der Waals surface area contributed by atoms with Crippen molar-refractivity contribution in [3.05, 3.63) is 39.9 Å². The predicted octanol–water partition coefficient (Wildman–Crippen LogP) is 3.62. The highest BCUT2D eigenvalue weighted by atomic mass is 32.1. The molecule has 1 aromatic heterocycles. The molecule has 0 aromatic carbocycles. The van der Waals surface area contributed by atoms with Gasteiger partial charge in [-0.2, -0.15) is 0 Å². The van der Waals surface area contributed by atoms with E-state index in [9.17, 15) is 14.4 Å². The standard InChI is InChI=1S/C29H41N5O3S/c1-19(30-2)27(36)32-25(20-10-5-3-6-11-20)29(37)34-16-22-14-9-15-33(22)17-24(34)28-31-23(18-38-28)26(35)21-12-7-4-8-13-21/h4,7,12,18-20,22,24-25,30H,3,5-6,8-11,13-17H2,1-2H3,(H,32,36). The van der Waals surface area contributed by atoms with E-state index in [0.29, 0.717) is 18.3 Å². The average molecular weight is 540 g/mol. The molecule has 1 aromatic rings. The van der Waals surface area contributed by atoms with Gasteiger partial charge in [0.15, 0.2) is 0 Å². The van der Waals surface area contributed by atoms with Gasteiger partial charge in [0, 0.05) is 30.1 Å². The summed E-state index contributed by atoms with van der Waals surface area (Å²) in [5.74, 6) is 0.00180. The lowest BCUT2D eigenvalue weighted by Crippen LogP contribution is -2.60. The Morgan fingerprint density at radius 1 is 1.11 bits per heavy atom. The van der Waals surface area contributed by atoms with E-state index in [4.69, 9.17) is 4.98 Å². The normalized spacial score (nSPS) is 25.9. The Hall–Kier alpha value is -2.36. The highest BCUT2D eigenvalue weighted by Gasteiger charge is 2.44. The van der Waals surface area contributed by atoms with Crippen LogP contribution in [0.25, 0.3) is 0 Å². The molecule has 0 bridgehead atoms. The zero-order valence-electron chi connectivity index (χ0n) is 22.7. The van der Waals surface area contributed by atoms with E-state index in [1.165, 1.54) is 17.8 Å². The number of ketones is 1. The second kappa shape index (κ2) is 12.2. The largest absolute Gasteiger partial charge is 0.343 e. The van der Waals surface area contributed by atoms with Crippen LogP contribution in [0, 0.1) is 5.92 Å². The van der Waals surface area contributed by atoms with Crippen LogP contribution in [0.3, 0.4) is 0 Å². The Morgan fingerprint density at radius 3 is 2.66 bits per heavy atom. The second-order valence-corrected chi connectivity index (χ2v) is 12.1. The van der Waals surface area contributed by atoms with Gasteiger partial charge in [-0.15, -0.1) is 11.3 Å². The number of hydrogen-bond acceptors (Lipinski definition) is 7. The molecule has 3 heterocycles. The van der Waals surface area contributed by atoms with Crippen molar-refractivity contribution in [2.75, 3.05) is 26.7 Å². The number of fused-ring (bicyclic) bond motifs is 1. The lowest BCUT2D eigenvalue weighted by molar-refractivity contribution is -0.144. The topological polar surface area (TPSA) is 94.6 Å². The maximum absolute atomic E-state index is 14.4. The van der Waals surface area contributed by atoms with Gasteiger partial charge in [0.2, 0.25) is 17.6 Å². The molecule has 4 atom stereocenters. The Bertz CT molecular complexity index is 1090. The Morgan fingerprint density at radius 2 is 1.92 bits per heavy atom. The number of likely N-dealkylation sites (N-methyl/N-ethyl adjacent to an activating group) is 1. The van der Waals surface area contributed by atoms with Crippen molar-refractivity contribution < 1.29 is 14.4 Å². The number of carbonyl (C=O) groups excluding carboxylic acids is 3. The minimum atomic E-state index is -0.533. The molecule has 8 nitrogen and oxygen atoms in total. The summed E-state index contributed by atoms with van der Waals surface area (Å²) in [5.41, 5.74) is 1.27. The van der Waals surface area contributed by atoms with E-state index in [1.54, 1.807) is 7.05 Å². The molecular weight excluding hydrogens is 498 g/mol. The van der Waals surface area contributed by atoms with Crippen LogP contribution in [-0.2, 0) is 9.59 Å². The van der Waals surface area contributed by atoms with Gasteiger partial charge in [0.05, 0.1) is 12.1 Å². The lowest BCUT2D eigenvalue weighted by Gasteiger charge is -2.45. The van der Waals surface area contributed by atoms with Gasteiger partial charge in [0.1, 0.15) is 16.7 Å². The molecular formula is C29H41N5O3S. The molecule has 4 unspecified atom stereocenters. The van der Waals surface area contributed by atoms with E-state index < -0.39 is 6.04 Å². The minimum Gasteiger partial charge on any atom is -0.343 e. The van der Waals surface area contributed by atoms with E-state index in [2.05, 4.69) is 21.6 Å². The highest BCUT2D eigenvalue weighted by Crippen LogP contribution is 2.36. The predicted molar refractivity (Wildman–Crippen MR) is 149 cm³/mol. The van der Waals surface area contributed by atoms with Crippen molar-refractivity contribution in [1.82, 2.24) is 25.4 Å². The molecule has 2 N–H and O–H groups in total. The molecule has 3 fully saturated rings. The number of nitrogens with one attached hydrogen (secondary N) is 2. The fourth-order valence-electron chi connectivity index (χ4n) is 6.41. The number of allylic oxidation sites excluding steroid dienone is 4. The van der Waals surface area contributed by atoms with Crippen molar-refractivity contribution in [3.63, 3.8) is 0 Å². The summed E-state index contributed by atoms with van der Waals surface area (Å²) >= 11 is 1.48. The van der Waals surface area contributed by atoms with Gasteiger partial charge >= 0.3 is 0 Å². The third-order valence-electron chi connectivity index (χ3n) is 8.83. The SMILES string of the molecule is CNC(C)C(=O)NC(C(=O)N1CC2CCCN2CC1c1nc(C(=O)C2=CC=CCC2)cs1)C1CCCCC1. The van der Waals surface area contributed by atoms with Crippen LogP contribution < -0.4 is 10.6 Å². The Labute approximate surface area is 229 Å². The Balaban J connectivity index is 1.42.